The largest absolute Gasteiger partial charge is 0.343 e. The number of rotatable bonds is 4. The van der Waals surface area contributed by atoms with Crippen molar-refractivity contribution in [2.45, 2.75) is 6.54 Å². The molecule has 0 spiro atoms. The van der Waals surface area contributed by atoms with Gasteiger partial charge in [-0.2, -0.15) is 0 Å². The summed E-state index contributed by atoms with van der Waals surface area (Å²) in [4.78, 5) is 13.1. The van der Waals surface area contributed by atoms with Gasteiger partial charge in [0.05, 0.1) is 5.52 Å². The lowest BCUT2D eigenvalue weighted by Crippen LogP contribution is -2.10. The van der Waals surface area contributed by atoms with Crippen LogP contribution in [0.4, 0.5) is 4.39 Å². The molecule has 0 amide bonds. The van der Waals surface area contributed by atoms with Gasteiger partial charge >= 0.3 is 0 Å². The van der Waals surface area contributed by atoms with E-state index >= 15 is 0 Å². The average Bonchev–Trinajstić information content (AvgIpc) is 3.48. The Bertz CT molecular complexity index is 1640. The van der Waals surface area contributed by atoms with E-state index in [0.717, 1.165) is 28.6 Å². The Morgan fingerprint density at radius 2 is 1.32 bits per heavy atom. The van der Waals surface area contributed by atoms with Gasteiger partial charge in [-0.1, -0.05) is 54.6 Å². The maximum atomic E-state index is 13.3. The molecule has 0 N–H and O–H groups in total. The number of carbonyl (C=O) groups is 1. The van der Waals surface area contributed by atoms with E-state index in [-0.39, 0.29) is 11.7 Å². The summed E-state index contributed by atoms with van der Waals surface area (Å²) in [7, 11) is 0. The maximum Gasteiger partial charge on any atom is 0.262 e. The molecule has 2 aromatic heterocycles. The van der Waals surface area contributed by atoms with Crippen molar-refractivity contribution in [3.8, 4) is 11.1 Å². The van der Waals surface area contributed by atoms with Crippen molar-refractivity contribution in [2.75, 3.05) is 0 Å². The molecule has 0 atom stereocenters. The van der Waals surface area contributed by atoms with Gasteiger partial charge in [0, 0.05) is 35.4 Å². The zero-order chi connectivity index (χ0) is 23.1. The lowest BCUT2D eigenvalue weighted by atomic mass is 10.0. The maximum absolute atomic E-state index is 13.3. The first-order valence-corrected chi connectivity index (χ1v) is 11.2. The molecule has 164 valence electrons. The van der Waals surface area contributed by atoms with Crippen LogP contribution < -0.4 is 0 Å². The van der Waals surface area contributed by atoms with Crippen LogP contribution in [0.15, 0.2) is 116 Å². The van der Waals surface area contributed by atoms with Gasteiger partial charge in [-0.15, -0.1) is 0 Å². The number of halogens is 1. The van der Waals surface area contributed by atoms with Crippen LogP contribution in [0.3, 0.4) is 0 Å². The highest BCUT2D eigenvalue weighted by Gasteiger charge is 2.13. The molecular weight excluding hydrogens is 423 g/mol. The van der Waals surface area contributed by atoms with Crippen molar-refractivity contribution in [3.63, 3.8) is 0 Å². The van der Waals surface area contributed by atoms with Gasteiger partial charge in [0.25, 0.3) is 5.91 Å². The summed E-state index contributed by atoms with van der Waals surface area (Å²) in [5, 5.41) is 2.17. The lowest BCUT2D eigenvalue weighted by molar-refractivity contribution is 0.0965. The zero-order valence-electron chi connectivity index (χ0n) is 18.4. The Morgan fingerprint density at radius 3 is 2.06 bits per heavy atom. The van der Waals surface area contributed by atoms with E-state index in [0.29, 0.717) is 5.56 Å². The highest BCUT2D eigenvalue weighted by molar-refractivity contribution is 6.03. The van der Waals surface area contributed by atoms with Gasteiger partial charge < -0.3 is 4.57 Å². The van der Waals surface area contributed by atoms with Crippen molar-refractivity contribution in [1.82, 2.24) is 9.13 Å². The van der Waals surface area contributed by atoms with Gasteiger partial charge in [-0.05, 0) is 70.6 Å². The van der Waals surface area contributed by atoms with Crippen LogP contribution in [0.2, 0.25) is 0 Å². The Balaban J connectivity index is 1.39. The summed E-state index contributed by atoms with van der Waals surface area (Å²) >= 11 is 0. The summed E-state index contributed by atoms with van der Waals surface area (Å²) in [6.45, 7) is 0.807. The summed E-state index contributed by atoms with van der Waals surface area (Å²) in [5.41, 5.74) is 5.82. The number of nitrogens with zero attached hydrogens (tertiary/aromatic N) is 2. The first-order chi connectivity index (χ1) is 16.7. The monoisotopic (exact) mass is 444 g/mol. The molecule has 0 aliphatic heterocycles. The van der Waals surface area contributed by atoms with Crippen molar-refractivity contribution in [1.29, 1.82) is 0 Å². The van der Waals surface area contributed by atoms with Gasteiger partial charge in [-0.25, -0.2) is 4.39 Å². The minimum absolute atomic E-state index is 0.181. The predicted octanol–water partition coefficient (Wildman–Crippen LogP) is 7.14. The topological polar surface area (TPSA) is 26.9 Å². The molecule has 4 aromatic carbocycles. The van der Waals surface area contributed by atoms with Crippen molar-refractivity contribution < 1.29 is 9.18 Å². The standard InChI is InChI=1S/C30H21FN2O/c31-27-12-10-24(11-13-27)30(34)33-17-15-23-7-9-26(19-29(23)33)25-8-6-22-14-16-32(28(22)18-25)20-21-4-2-1-3-5-21/h1-19H,20H2. The number of carbonyl (C=O) groups excluding carboxylic acids is 1. The van der Waals surface area contributed by atoms with Gasteiger partial charge in [0.1, 0.15) is 5.82 Å². The minimum atomic E-state index is -0.358. The highest BCUT2D eigenvalue weighted by atomic mass is 19.1. The van der Waals surface area contributed by atoms with E-state index in [9.17, 15) is 9.18 Å². The third kappa shape index (κ3) is 3.59. The van der Waals surface area contributed by atoms with E-state index in [1.807, 2.05) is 24.3 Å². The second-order valence-electron chi connectivity index (χ2n) is 8.47. The number of aromatic nitrogens is 2. The van der Waals surface area contributed by atoms with Gasteiger partial charge in [0.15, 0.2) is 0 Å². The summed E-state index contributed by atoms with van der Waals surface area (Å²) in [5.74, 6) is -0.539. The molecular formula is C30H21FN2O. The first kappa shape index (κ1) is 20.2. The molecule has 34 heavy (non-hydrogen) atoms. The van der Waals surface area contributed by atoms with E-state index in [2.05, 4.69) is 65.4 Å². The minimum Gasteiger partial charge on any atom is -0.343 e. The third-order valence-corrected chi connectivity index (χ3v) is 6.31. The van der Waals surface area contributed by atoms with Gasteiger partial charge in [0.2, 0.25) is 0 Å². The Kier molecular flexibility index (Phi) is 4.84. The van der Waals surface area contributed by atoms with E-state index < -0.39 is 0 Å². The smallest absolute Gasteiger partial charge is 0.262 e. The Hall–Kier alpha value is -4.44. The molecule has 4 heteroatoms. The molecule has 0 saturated carbocycles. The molecule has 0 aliphatic rings. The van der Waals surface area contributed by atoms with Crippen molar-refractivity contribution in [2.24, 2.45) is 0 Å². The lowest BCUT2D eigenvalue weighted by Gasteiger charge is -2.09. The Labute approximate surface area is 196 Å². The van der Waals surface area contributed by atoms with Crippen LogP contribution in [0.5, 0.6) is 0 Å². The van der Waals surface area contributed by atoms with Crippen LogP contribution in [0, 0.1) is 5.82 Å². The zero-order valence-corrected chi connectivity index (χ0v) is 18.4. The van der Waals surface area contributed by atoms with Crippen LogP contribution in [0.25, 0.3) is 32.9 Å². The fourth-order valence-electron chi connectivity index (χ4n) is 4.50. The number of hydrogen-bond donors (Lipinski definition) is 0. The normalized spacial score (nSPS) is 11.3. The molecule has 0 saturated heterocycles. The molecule has 3 nitrogen and oxygen atoms in total. The molecule has 2 heterocycles. The van der Waals surface area contributed by atoms with Crippen molar-refractivity contribution in [3.05, 3.63) is 132 Å². The second kappa shape index (κ2) is 8.16. The Morgan fingerprint density at radius 1 is 0.676 bits per heavy atom. The molecule has 0 unspecified atom stereocenters. The van der Waals surface area contributed by atoms with Crippen LogP contribution in [0.1, 0.15) is 15.9 Å². The molecule has 0 aliphatic carbocycles. The molecule has 6 rings (SSSR count). The molecule has 0 radical (unpaired) electrons. The fraction of sp³-hybridized carbons (Fsp3) is 0.0333. The predicted molar refractivity (Wildman–Crippen MR) is 135 cm³/mol. The van der Waals surface area contributed by atoms with Crippen LogP contribution in [-0.4, -0.2) is 15.0 Å². The SMILES string of the molecule is O=C(c1ccc(F)cc1)n1ccc2ccc(-c3ccc4ccn(Cc5ccccc5)c4c3)cc21. The second-order valence-corrected chi connectivity index (χ2v) is 8.47. The van der Waals surface area contributed by atoms with Crippen LogP contribution >= 0.6 is 0 Å². The number of hydrogen-bond acceptors (Lipinski definition) is 1. The molecule has 0 fully saturated rings. The summed E-state index contributed by atoms with van der Waals surface area (Å²) in [6.07, 6.45) is 3.89. The highest BCUT2D eigenvalue weighted by Crippen LogP contribution is 2.29. The van der Waals surface area contributed by atoms with E-state index in [1.165, 1.54) is 40.7 Å². The van der Waals surface area contributed by atoms with E-state index in [4.69, 9.17) is 0 Å². The molecule has 6 aromatic rings. The molecule has 0 bridgehead atoms. The summed E-state index contributed by atoms with van der Waals surface area (Å²) in [6, 6.07) is 32.8. The number of benzene rings is 4. The van der Waals surface area contributed by atoms with Crippen LogP contribution in [-0.2, 0) is 6.54 Å². The average molecular weight is 445 g/mol. The van der Waals surface area contributed by atoms with E-state index in [1.54, 1.807) is 10.8 Å². The number of fused-ring (bicyclic) bond motifs is 2. The quantitative estimate of drug-likeness (QED) is 0.284. The van der Waals surface area contributed by atoms with Gasteiger partial charge in [-0.3, -0.25) is 9.36 Å². The fourth-order valence-corrected chi connectivity index (χ4v) is 4.50. The third-order valence-electron chi connectivity index (χ3n) is 6.31. The first-order valence-electron chi connectivity index (χ1n) is 11.2. The van der Waals surface area contributed by atoms with Crippen molar-refractivity contribution >= 4 is 27.7 Å². The summed E-state index contributed by atoms with van der Waals surface area (Å²) < 4.78 is 17.2.